The molecule has 0 saturated carbocycles. The van der Waals surface area contributed by atoms with Crippen molar-refractivity contribution in [1.82, 2.24) is 0 Å². The van der Waals surface area contributed by atoms with Crippen LogP contribution in [0.5, 0.6) is 0 Å². The number of rotatable bonds is 3. The van der Waals surface area contributed by atoms with Crippen LogP contribution in [-0.2, 0) is 16.4 Å². The quantitative estimate of drug-likeness (QED) is 0.888. The van der Waals surface area contributed by atoms with Crippen LogP contribution in [0, 0.1) is 6.92 Å². The lowest BCUT2D eigenvalue weighted by molar-refractivity contribution is 0.270. The molecule has 2 aromatic carbocycles. The Morgan fingerprint density at radius 1 is 1.23 bits per heavy atom. The van der Waals surface area contributed by atoms with Crippen LogP contribution in [-0.4, -0.2) is 26.2 Å². The number of nitrogens with zero attached hydrogens (tertiary/aromatic N) is 1. The molecule has 0 spiro atoms. The second-order valence-corrected chi connectivity index (χ2v) is 8.16. The van der Waals surface area contributed by atoms with Crippen LogP contribution in [0.3, 0.4) is 0 Å². The summed E-state index contributed by atoms with van der Waals surface area (Å²) >= 11 is 3.40. The van der Waals surface area contributed by atoms with Gasteiger partial charge in [-0.2, -0.15) is 0 Å². The van der Waals surface area contributed by atoms with Gasteiger partial charge in [0.15, 0.2) is 0 Å². The van der Waals surface area contributed by atoms with Gasteiger partial charge in [0.05, 0.1) is 23.2 Å². The van der Waals surface area contributed by atoms with E-state index in [1.165, 1.54) is 4.31 Å². The normalized spacial score (nSPS) is 17.6. The minimum Gasteiger partial charge on any atom is -0.394 e. The Labute approximate surface area is 138 Å². The number of aliphatic hydroxyl groups is 1. The third kappa shape index (κ3) is 2.55. The standard InChI is InChI=1S/C16H16BrNO3S/c1-11-2-5-15(6-3-11)22(20,21)18-14(10-19)9-12-8-13(17)4-7-16(12)18/h2-8,14,19H,9-10H2,1H3. The molecule has 0 radical (unpaired) electrons. The third-order valence-electron chi connectivity index (χ3n) is 3.85. The largest absolute Gasteiger partial charge is 0.394 e. The first-order valence-corrected chi connectivity index (χ1v) is 9.17. The zero-order valence-corrected chi connectivity index (χ0v) is 14.4. The molecule has 0 aliphatic carbocycles. The maximum absolute atomic E-state index is 13.0. The van der Waals surface area contributed by atoms with Gasteiger partial charge in [-0.05, 0) is 49.2 Å². The maximum atomic E-state index is 13.0. The van der Waals surface area contributed by atoms with Crippen LogP contribution in [0.4, 0.5) is 5.69 Å². The first kappa shape index (κ1) is 15.5. The lowest BCUT2D eigenvalue weighted by atomic mass is 10.1. The van der Waals surface area contributed by atoms with Crippen molar-refractivity contribution < 1.29 is 13.5 Å². The minimum absolute atomic E-state index is 0.211. The van der Waals surface area contributed by atoms with Crippen molar-refractivity contribution in [1.29, 1.82) is 0 Å². The molecule has 22 heavy (non-hydrogen) atoms. The fraction of sp³-hybridized carbons (Fsp3) is 0.250. The van der Waals surface area contributed by atoms with E-state index in [0.717, 1.165) is 15.6 Å². The first-order chi connectivity index (χ1) is 10.4. The summed E-state index contributed by atoms with van der Waals surface area (Å²) in [6, 6.07) is 11.8. The highest BCUT2D eigenvalue weighted by atomic mass is 79.9. The Morgan fingerprint density at radius 3 is 2.55 bits per heavy atom. The average molecular weight is 382 g/mol. The number of anilines is 1. The number of sulfonamides is 1. The van der Waals surface area contributed by atoms with Crippen LogP contribution < -0.4 is 4.31 Å². The highest BCUT2D eigenvalue weighted by molar-refractivity contribution is 9.10. The Kier molecular flexibility index (Phi) is 4.01. The van der Waals surface area contributed by atoms with E-state index in [1.807, 2.05) is 19.1 Å². The summed E-state index contributed by atoms with van der Waals surface area (Å²) in [6.45, 7) is 1.70. The summed E-state index contributed by atoms with van der Waals surface area (Å²) in [5.41, 5.74) is 2.57. The highest BCUT2D eigenvalue weighted by Gasteiger charge is 2.38. The first-order valence-electron chi connectivity index (χ1n) is 6.94. The van der Waals surface area contributed by atoms with E-state index in [0.29, 0.717) is 12.1 Å². The molecule has 1 aliphatic heterocycles. The van der Waals surface area contributed by atoms with E-state index in [-0.39, 0.29) is 11.5 Å². The highest BCUT2D eigenvalue weighted by Crippen LogP contribution is 2.38. The molecule has 3 rings (SSSR count). The summed E-state index contributed by atoms with van der Waals surface area (Å²) < 4.78 is 28.2. The zero-order valence-electron chi connectivity index (χ0n) is 12.0. The van der Waals surface area contributed by atoms with Gasteiger partial charge in [0.2, 0.25) is 0 Å². The molecule has 1 unspecified atom stereocenters. The number of aryl methyl sites for hydroxylation is 1. The number of fused-ring (bicyclic) bond motifs is 1. The number of hydrogen-bond acceptors (Lipinski definition) is 3. The fourth-order valence-corrected chi connectivity index (χ4v) is 4.84. The summed E-state index contributed by atoms with van der Waals surface area (Å²) in [5, 5.41) is 9.61. The van der Waals surface area contributed by atoms with Crippen molar-refractivity contribution in [2.45, 2.75) is 24.3 Å². The van der Waals surface area contributed by atoms with Crippen molar-refractivity contribution in [2.75, 3.05) is 10.9 Å². The number of benzene rings is 2. The molecule has 6 heteroatoms. The molecule has 4 nitrogen and oxygen atoms in total. The van der Waals surface area contributed by atoms with E-state index in [2.05, 4.69) is 15.9 Å². The molecule has 0 fully saturated rings. The van der Waals surface area contributed by atoms with Gasteiger partial charge in [-0.25, -0.2) is 8.42 Å². The van der Waals surface area contributed by atoms with Crippen LogP contribution in [0.15, 0.2) is 51.8 Å². The summed E-state index contributed by atoms with van der Waals surface area (Å²) in [4.78, 5) is 0.243. The van der Waals surface area contributed by atoms with Gasteiger partial charge in [0, 0.05) is 4.47 Å². The Morgan fingerprint density at radius 2 is 1.91 bits per heavy atom. The lowest BCUT2D eigenvalue weighted by Crippen LogP contribution is -2.39. The Bertz CT molecular complexity index is 803. The van der Waals surface area contributed by atoms with Gasteiger partial charge in [-0.15, -0.1) is 0 Å². The van der Waals surface area contributed by atoms with Gasteiger partial charge >= 0.3 is 0 Å². The summed E-state index contributed by atoms with van der Waals surface area (Å²) in [6.07, 6.45) is 0.510. The van der Waals surface area contributed by atoms with Crippen LogP contribution in [0.2, 0.25) is 0 Å². The van der Waals surface area contributed by atoms with Crippen molar-refractivity contribution in [3.8, 4) is 0 Å². The van der Waals surface area contributed by atoms with Gasteiger partial charge in [0.1, 0.15) is 0 Å². The average Bonchev–Trinajstić information content (AvgIpc) is 2.85. The smallest absolute Gasteiger partial charge is 0.264 e. The molecule has 116 valence electrons. The Balaban J connectivity index is 2.11. The Hall–Kier alpha value is -1.37. The predicted molar refractivity (Wildman–Crippen MR) is 89.6 cm³/mol. The number of aliphatic hydroxyl groups excluding tert-OH is 1. The van der Waals surface area contributed by atoms with Crippen LogP contribution >= 0.6 is 15.9 Å². The molecule has 1 N–H and O–H groups in total. The molecule has 0 aromatic heterocycles. The minimum atomic E-state index is -3.68. The van der Waals surface area contributed by atoms with Crippen LogP contribution in [0.25, 0.3) is 0 Å². The monoisotopic (exact) mass is 381 g/mol. The molecule has 0 amide bonds. The molecule has 1 heterocycles. The van der Waals surface area contributed by atoms with Crippen LogP contribution in [0.1, 0.15) is 11.1 Å². The van der Waals surface area contributed by atoms with E-state index in [9.17, 15) is 13.5 Å². The molecule has 1 aliphatic rings. The molecular weight excluding hydrogens is 366 g/mol. The molecule has 0 bridgehead atoms. The molecule has 1 atom stereocenters. The van der Waals surface area contributed by atoms with Gasteiger partial charge in [0.25, 0.3) is 10.0 Å². The van der Waals surface area contributed by atoms with Crippen molar-refractivity contribution in [3.63, 3.8) is 0 Å². The van der Waals surface area contributed by atoms with Gasteiger partial charge in [-0.3, -0.25) is 4.31 Å². The zero-order chi connectivity index (χ0) is 15.9. The number of halogens is 1. The predicted octanol–water partition coefficient (Wildman–Crippen LogP) is 2.87. The second-order valence-electron chi connectivity index (χ2n) is 5.43. The van der Waals surface area contributed by atoms with Gasteiger partial charge < -0.3 is 5.11 Å². The van der Waals surface area contributed by atoms with Gasteiger partial charge in [-0.1, -0.05) is 33.6 Å². The number of hydrogen-bond donors (Lipinski definition) is 1. The SMILES string of the molecule is Cc1ccc(S(=O)(=O)N2c3ccc(Br)cc3CC2CO)cc1. The van der Waals surface area contributed by atoms with E-state index < -0.39 is 16.1 Å². The van der Waals surface area contributed by atoms with Crippen molar-refractivity contribution in [2.24, 2.45) is 0 Å². The third-order valence-corrected chi connectivity index (χ3v) is 6.23. The fourth-order valence-electron chi connectivity index (χ4n) is 2.75. The topological polar surface area (TPSA) is 57.6 Å². The van der Waals surface area contributed by atoms with Crippen molar-refractivity contribution >= 4 is 31.6 Å². The maximum Gasteiger partial charge on any atom is 0.264 e. The van der Waals surface area contributed by atoms with E-state index in [4.69, 9.17) is 0 Å². The van der Waals surface area contributed by atoms with E-state index >= 15 is 0 Å². The van der Waals surface area contributed by atoms with E-state index in [1.54, 1.807) is 30.3 Å². The molecule has 2 aromatic rings. The second kappa shape index (κ2) is 5.68. The molecule has 0 saturated heterocycles. The molecular formula is C16H16BrNO3S. The summed E-state index contributed by atoms with van der Waals surface area (Å²) in [5.74, 6) is 0. The summed E-state index contributed by atoms with van der Waals surface area (Å²) in [7, 11) is -3.68. The van der Waals surface area contributed by atoms with Crippen molar-refractivity contribution in [3.05, 3.63) is 58.1 Å². The lowest BCUT2D eigenvalue weighted by Gasteiger charge is -2.25.